The van der Waals surface area contributed by atoms with Gasteiger partial charge in [-0.1, -0.05) is 13.8 Å². The molecule has 0 spiro atoms. The summed E-state index contributed by atoms with van der Waals surface area (Å²) in [6, 6.07) is 0. The monoisotopic (exact) mass is 246 g/mol. The number of rotatable bonds is 7. The van der Waals surface area contributed by atoms with E-state index in [-0.39, 0.29) is 30.8 Å². The molecule has 100 valence electrons. The average Bonchev–Trinajstić information content (AvgIpc) is 2.34. The highest BCUT2D eigenvalue weighted by atomic mass is 16.4. The molecule has 0 aromatic rings. The summed E-state index contributed by atoms with van der Waals surface area (Å²) < 4.78 is 0. The molecule has 0 atom stereocenters. The molecule has 6 heteroatoms. The van der Waals surface area contributed by atoms with Gasteiger partial charge in [0.25, 0.3) is 0 Å². The third kappa shape index (κ3) is 9.65. The van der Waals surface area contributed by atoms with E-state index in [0.717, 1.165) is 0 Å². The number of carboxylic acid groups (broad SMARTS) is 1. The van der Waals surface area contributed by atoms with Gasteiger partial charge in [0.05, 0.1) is 12.3 Å². The van der Waals surface area contributed by atoms with Gasteiger partial charge in [-0.3, -0.25) is 14.4 Å². The summed E-state index contributed by atoms with van der Waals surface area (Å²) in [5.74, 6) is -2.61. The average molecular weight is 246 g/mol. The largest absolute Gasteiger partial charge is 0.481 e. The molecule has 0 saturated carbocycles. The Bertz CT molecular complexity index is 236. The first-order valence-electron chi connectivity index (χ1n) is 5.61. The molecule has 6 nitrogen and oxygen atoms in total. The van der Waals surface area contributed by atoms with Gasteiger partial charge in [-0.05, 0) is 0 Å². The molecule has 0 aromatic carbocycles. The van der Waals surface area contributed by atoms with E-state index >= 15 is 0 Å². The Morgan fingerprint density at radius 1 is 1.00 bits per heavy atom. The van der Waals surface area contributed by atoms with Gasteiger partial charge in [0.1, 0.15) is 11.6 Å². The summed E-state index contributed by atoms with van der Waals surface area (Å²) in [4.78, 5) is 32.7. The van der Waals surface area contributed by atoms with Crippen molar-refractivity contribution in [2.45, 2.75) is 33.1 Å². The van der Waals surface area contributed by atoms with Gasteiger partial charge in [0, 0.05) is 25.9 Å². The molecule has 0 amide bonds. The molecule has 0 fully saturated rings. The van der Waals surface area contributed by atoms with Crippen LogP contribution in [-0.4, -0.2) is 35.7 Å². The topological polar surface area (TPSA) is 123 Å². The van der Waals surface area contributed by atoms with Crippen molar-refractivity contribution >= 4 is 17.5 Å². The van der Waals surface area contributed by atoms with Crippen LogP contribution in [0.5, 0.6) is 0 Å². The van der Waals surface area contributed by atoms with Crippen molar-refractivity contribution in [2.75, 3.05) is 13.1 Å². The molecule has 0 bridgehead atoms. The predicted octanol–water partition coefficient (Wildman–Crippen LogP) is -0.0607. The fraction of sp³-hybridized carbons (Fsp3) is 0.727. The molecule has 17 heavy (non-hydrogen) atoms. The van der Waals surface area contributed by atoms with E-state index in [1.54, 1.807) is 13.8 Å². The molecule has 0 aromatic heterocycles. The van der Waals surface area contributed by atoms with Gasteiger partial charge in [-0.15, -0.1) is 0 Å². The minimum atomic E-state index is -1.10. The zero-order chi connectivity index (χ0) is 13.8. The third-order valence-corrected chi connectivity index (χ3v) is 2.02. The molecule has 5 N–H and O–H groups in total. The quantitative estimate of drug-likeness (QED) is 0.541. The summed E-state index contributed by atoms with van der Waals surface area (Å²) >= 11 is 0. The lowest BCUT2D eigenvalue weighted by Gasteiger charge is -2.09. The van der Waals surface area contributed by atoms with E-state index in [2.05, 4.69) is 0 Å². The van der Waals surface area contributed by atoms with Crippen molar-refractivity contribution in [2.24, 2.45) is 17.4 Å². The summed E-state index contributed by atoms with van der Waals surface area (Å²) in [6.45, 7) is 4.44. The number of nitrogens with two attached hydrogens (primary N) is 2. The summed E-state index contributed by atoms with van der Waals surface area (Å²) in [7, 11) is 0. The standard InChI is InChI=1S/C9H14O4.C2H8N2/c1-3-7(10)6(5-9(12)13)8(11)4-2;3-1-2-4/h6H,3-5H2,1-2H3,(H,12,13);1-4H2. The van der Waals surface area contributed by atoms with Crippen LogP contribution in [0.4, 0.5) is 0 Å². The predicted molar refractivity (Wildman–Crippen MR) is 64.4 cm³/mol. The van der Waals surface area contributed by atoms with Crippen LogP contribution >= 0.6 is 0 Å². The van der Waals surface area contributed by atoms with Crippen LogP contribution in [-0.2, 0) is 14.4 Å². The summed E-state index contributed by atoms with van der Waals surface area (Å²) in [5, 5.41) is 8.47. The maximum absolute atomic E-state index is 11.2. The first-order valence-corrected chi connectivity index (χ1v) is 5.61. The maximum Gasteiger partial charge on any atom is 0.304 e. The lowest BCUT2D eigenvalue weighted by atomic mass is 9.92. The molecular weight excluding hydrogens is 224 g/mol. The van der Waals surface area contributed by atoms with Crippen molar-refractivity contribution in [3.8, 4) is 0 Å². The minimum absolute atomic E-state index is 0.212. The van der Waals surface area contributed by atoms with Gasteiger partial charge < -0.3 is 16.6 Å². The number of carbonyl (C=O) groups is 3. The molecule has 0 unspecified atom stereocenters. The number of carbonyl (C=O) groups excluding carboxylic acids is 2. The van der Waals surface area contributed by atoms with Crippen molar-refractivity contribution in [3.63, 3.8) is 0 Å². The molecule has 0 aliphatic heterocycles. The van der Waals surface area contributed by atoms with Crippen molar-refractivity contribution in [3.05, 3.63) is 0 Å². The first-order chi connectivity index (χ1) is 7.94. The van der Waals surface area contributed by atoms with Crippen molar-refractivity contribution in [1.82, 2.24) is 0 Å². The van der Waals surface area contributed by atoms with Gasteiger partial charge in [0.15, 0.2) is 0 Å². The number of aliphatic carboxylic acids is 1. The Labute approximate surface area is 101 Å². The smallest absolute Gasteiger partial charge is 0.304 e. The lowest BCUT2D eigenvalue weighted by Crippen LogP contribution is -2.25. The van der Waals surface area contributed by atoms with Crippen LogP contribution in [0.25, 0.3) is 0 Å². The zero-order valence-corrected chi connectivity index (χ0v) is 10.4. The number of hydrogen-bond donors (Lipinski definition) is 3. The Morgan fingerprint density at radius 2 is 1.35 bits per heavy atom. The Morgan fingerprint density at radius 3 is 1.53 bits per heavy atom. The number of ketones is 2. The molecule has 0 aliphatic carbocycles. The van der Waals surface area contributed by atoms with E-state index < -0.39 is 11.9 Å². The maximum atomic E-state index is 11.2. The Hall–Kier alpha value is -1.27. The van der Waals surface area contributed by atoms with Crippen LogP contribution in [0, 0.1) is 5.92 Å². The fourth-order valence-corrected chi connectivity index (χ4v) is 1.07. The molecule has 0 saturated heterocycles. The molecular formula is C11H22N2O4. The normalized spacial score (nSPS) is 9.47. The second-order valence-electron chi connectivity index (χ2n) is 3.37. The van der Waals surface area contributed by atoms with Crippen LogP contribution in [0.2, 0.25) is 0 Å². The number of hydrogen-bond acceptors (Lipinski definition) is 5. The highest BCUT2D eigenvalue weighted by molar-refractivity contribution is 6.04. The fourth-order valence-electron chi connectivity index (χ4n) is 1.07. The van der Waals surface area contributed by atoms with E-state index in [0.29, 0.717) is 13.1 Å². The second-order valence-corrected chi connectivity index (χ2v) is 3.37. The van der Waals surface area contributed by atoms with Crippen LogP contribution in [0.1, 0.15) is 33.1 Å². The highest BCUT2D eigenvalue weighted by Crippen LogP contribution is 2.10. The van der Waals surface area contributed by atoms with E-state index in [9.17, 15) is 14.4 Å². The number of carboxylic acids is 1. The lowest BCUT2D eigenvalue weighted by molar-refractivity contribution is -0.144. The van der Waals surface area contributed by atoms with Crippen LogP contribution in [0.15, 0.2) is 0 Å². The molecule has 0 heterocycles. The first kappa shape index (κ1) is 18.1. The SMILES string of the molecule is CCC(=O)C(CC(=O)O)C(=O)CC.NCCN. The molecule has 0 radical (unpaired) electrons. The van der Waals surface area contributed by atoms with E-state index in [4.69, 9.17) is 16.6 Å². The van der Waals surface area contributed by atoms with E-state index in [1.165, 1.54) is 0 Å². The second kappa shape index (κ2) is 11.2. The highest BCUT2D eigenvalue weighted by Gasteiger charge is 2.25. The van der Waals surface area contributed by atoms with E-state index in [1.807, 2.05) is 0 Å². The van der Waals surface area contributed by atoms with Gasteiger partial charge in [0.2, 0.25) is 0 Å². The van der Waals surface area contributed by atoms with Crippen LogP contribution in [0.3, 0.4) is 0 Å². The van der Waals surface area contributed by atoms with Gasteiger partial charge >= 0.3 is 5.97 Å². The third-order valence-electron chi connectivity index (χ3n) is 2.02. The van der Waals surface area contributed by atoms with Crippen LogP contribution < -0.4 is 11.5 Å². The Balaban J connectivity index is 0. The van der Waals surface area contributed by atoms with Crippen molar-refractivity contribution in [1.29, 1.82) is 0 Å². The minimum Gasteiger partial charge on any atom is -0.481 e. The summed E-state index contributed by atoms with van der Waals surface area (Å²) in [6.07, 6.45) is 0.0483. The summed E-state index contributed by atoms with van der Waals surface area (Å²) in [5.41, 5.74) is 9.81. The van der Waals surface area contributed by atoms with Gasteiger partial charge in [-0.25, -0.2) is 0 Å². The molecule has 0 rings (SSSR count). The van der Waals surface area contributed by atoms with Gasteiger partial charge in [-0.2, -0.15) is 0 Å². The molecule has 0 aliphatic rings. The van der Waals surface area contributed by atoms with Crippen molar-refractivity contribution < 1.29 is 19.5 Å². The number of Topliss-reactive ketones (excluding diaryl/α,β-unsaturated/α-hetero) is 2. The Kier molecular flexibility index (Phi) is 12.0. The zero-order valence-electron chi connectivity index (χ0n) is 10.4.